The number of benzene rings is 1. The van der Waals surface area contributed by atoms with Crippen LogP contribution in [0, 0.1) is 11.3 Å². The third kappa shape index (κ3) is 6.09. The summed E-state index contributed by atoms with van der Waals surface area (Å²) in [6.45, 7) is 0.955. The number of nitrogens with zero attached hydrogens (tertiary/aromatic N) is 2. The van der Waals surface area contributed by atoms with Crippen molar-refractivity contribution in [2.45, 2.75) is 13.0 Å². The Bertz CT molecular complexity index is 910. The number of hydrogen-bond donors (Lipinski definition) is 2. The van der Waals surface area contributed by atoms with Crippen molar-refractivity contribution in [2.24, 2.45) is 0 Å². The number of nitrogens with one attached hydrogen (secondary N) is 2. The van der Waals surface area contributed by atoms with E-state index < -0.39 is 30.4 Å². The minimum Gasteiger partial charge on any atom is -0.451 e. The van der Waals surface area contributed by atoms with Crippen LogP contribution in [0.2, 0.25) is 5.02 Å². The molecule has 1 aromatic carbocycles. The van der Waals surface area contributed by atoms with Crippen molar-refractivity contribution in [2.75, 3.05) is 11.9 Å². The van der Waals surface area contributed by atoms with Gasteiger partial charge in [0.15, 0.2) is 6.10 Å². The zero-order valence-corrected chi connectivity index (χ0v) is 15.0. The van der Waals surface area contributed by atoms with Crippen molar-refractivity contribution in [3.63, 3.8) is 0 Å². The summed E-state index contributed by atoms with van der Waals surface area (Å²) in [5.41, 5.74) is 0.843. The number of aromatic nitrogens is 1. The highest BCUT2D eigenvalue weighted by molar-refractivity contribution is 6.30. The van der Waals surface area contributed by atoms with Gasteiger partial charge in [0.2, 0.25) is 0 Å². The van der Waals surface area contributed by atoms with E-state index in [1.807, 2.05) is 6.07 Å². The monoisotopic (exact) mass is 386 g/mol. The van der Waals surface area contributed by atoms with Gasteiger partial charge in [0, 0.05) is 16.9 Å². The van der Waals surface area contributed by atoms with E-state index in [0.717, 1.165) is 0 Å². The molecule has 0 aliphatic heterocycles. The molecule has 0 saturated heterocycles. The number of halogens is 1. The zero-order chi connectivity index (χ0) is 19.8. The zero-order valence-electron chi connectivity index (χ0n) is 14.2. The van der Waals surface area contributed by atoms with E-state index in [0.29, 0.717) is 16.3 Å². The second-order valence-electron chi connectivity index (χ2n) is 5.36. The molecule has 1 aromatic heterocycles. The van der Waals surface area contributed by atoms with E-state index in [-0.39, 0.29) is 5.69 Å². The number of anilines is 1. The largest absolute Gasteiger partial charge is 0.451 e. The average molecular weight is 387 g/mol. The van der Waals surface area contributed by atoms with Crippen LogP contribution in [-0.4, -0.2) is 35.4 Å². The van der Waals surface area contributed by atoms with Gasteiger partial charge in [0.05, 0.1) is 11.6 Å². The third-order valence-corrected chi connectivity index (χ3v) is 3.52. The Morgan fingerprint density at radius 3 is 2.78 bits per heavy atom. The quantitative estimate of drug-likeness (QED) is 0.731. The predicted molar refractivity (Wildman–Crippen MR) is 96.9 cm³/mol. The summed E-state index contributed by atoms with van der Waals surface area (Å²) in [5, 5.41) is 14.1. The maximum absolute atomic E-state index is 12.1. The Hall–Kier alpha value is -3.44. The smallest absolute Gasteiger partial charge is 0.326 e. The fraction of sp³-hybridized carbons (Fsp3) is 0.167. The van der Waals surface area contributed by atoms with Crippen LogP contribution in [0.25, 0.3) is 0 Å². The topological polar surface area (TPSA) is 121 Å². The number of pyridine rings is 1. The first kappa shape index (κ1) is 19.9. The summed E-state index contributed by atoms with van der Waals surface area (Å²) < 4.78 is 4.97. The molecule has 0 saturated carbocycles. The molecule has 1 atom stereocenters. The number of hydrogen-bond acceptors (Lipinski definition) is 6. The van der Waals surface area contributed by atoms with Crippen molar-refractivity contribution in [1.82, 2.24) is 10.3 Å². The molecular weight excluding hydrogens is 372 g/mol. The molecule has 2 rings (SSSR count). The van der Waals surface area contributed by atoms with Crippen LogP contribution in [-0.2, 0) is 14.3 Å². The fourth-order valence-electron chi connectivity index (χ4n) is 1.97. The molecule has 27 heavy (non-hydrogen) atoms. The average Bonchev–Trinajstić information content (AvgIpc) is 2.66. The number of esters is 1. The molecule has 138 valence electrons. The van der Waals surface area contributed by atoms with Gasteiger partial charge in [-0.15, -0.1) is 0 Å². The second kappa shape index (κ2) is 9.31. The molecule has 0 aliphatic rings. The van der Waals surface area contributed by atoms with Crippen LogP contribution in [0.15, 0.2) is 42.6 Å². The molecule has 2 aromatic rings. The molecule has 0 radical (unpaired) electrons. The Morgan fingerprint density at radius 2 is 2.07 bits per heavy atom. The van der Waals surface area contributed by atoms with Gasteiger partial charge in [-0.2, -0.15) is 5.26 Å². The first-order valence-electron chi connectivity index (χ1n) is 7.79. The number of rotatable bonds is 6. The minimum atomic E-state index is -1.09. The maximum Gasteiger partial charge on any atom is 0.326 e. The van der Waals surface area contributed by atoms with Gasteiger partial charge in [-0.1, -0.05) is 17.7 Å². The van der Waals surface area contributed by atoms with E-state index in [1.165, 1.54) is 31.3 Å². The lowest BCUT2D eigenvalue weighted by Gasteiger charge is -2.14. The van der Waals surface area contributed by atoms with E-state index in [2.05, 4.69) is 15.6 Å². The summed E-state index contributed by atoms with van der Waals surface area (Å²) in [7, 11) is 0. The van der Waals surface area contributed by atoms with E-state index in [4.69, 9.17) is 21.6 Å². The molecule has 0 unspecified atom stereocenters. The van der Waals surface area contributed by atoms with E-state index in [9.17, 15) is 14.4 Å². The van der Waals surface area contributed by atoms with Crippen LogP contribution in [0.5, 0.6) is 0 Å². The summed E-state index contributed by atoms with van der Waals surface area (Å²) in [5.74, 6) is -1.96. The van der Waals surface area contributed by atoms with Gasteiger partial charge in [0.1, 0.15) is 12.2 Å². The number of carbonyl (C=O) groups is 3. The standard InChI is InChI=1S/C18H15ClN4O4/c1-11(17(25)23-14-4-2-3-12(7-14)9-20)27-16(24)10-22-18(26)15-8-13(19)5-6-21-15/h2-8,11H,10H2,1H3,(H,22,26)(H,23,25)/t11-/m0/s1. The van der Waals surface area contributed by atoms with Gasteiger partial charge < -0.3 is 15.4 Å². The molecule has 8 nitrogen and oxygen atoms in total. The summed E-state index contributed by atoms with van der Waals surface area (Å²) in [6, 6.07) is 11.1. The van der Waals surface area contributed by atoms with Crippen molar-refractivity contribution in [3.05, 3.63) is 58.9 Å². The van der Waals surface area contributed by atoms with Gasteiger partial charge in [-0.05, 0) is 37.3 Å². The molecule has 2 amide bonds. The van der Waals surface area contributed by atoms with Crippen molar-refractivity contribution in [1.29, 1.82) is 5.26 Å². The number of carbonyl (C=O) groups excluding carboxylic acids is 3. The van der Waals surface area contributed by atoms with E-state index in [1.54, 1.807) is 18.2 Å². The number of nitriles is 1. The van der Waals surface area contributed by atoms with Crippen LogP contribution < -0.4 is 10.6 Å². The van der Waals surface area contributed by atoms with Gasteiger partial charge in [-0.3, -0.25) is 19.4 Å². The van der Waals surface area contributed by atoms with Gasteiger partial charge >= 0.3 is 5.97 Å². The van der Waals surface area contributed by atoms with Crippen molar-refractivity contribution < 1.29 is 19.1 Å². The highest BCUT2D eigenvalue weighted by Gasteiger charge is 2.19. The molecule has 0 fully saturated rings. The molecule has 9 heteroatoms. The molecule has 1 heterocycles. The number of amides is 2. The molecular formula is C18H15ClN4O4. The van der Waals surface area contributed by atoms with Gasteiger partial charge in [-0.25, -0.2) is 0 Å². The van der Waals surface area contributed by atoms with Crippen LogP contribution in [0.1, 0.15) is 23.0 Å². The van der Waals surface area contributed by atoms with Crippen LogP contribution >= 0.6 is 11.6 Å². The van der Waals surface area contributed by atoms with E-state index >= 15 is 0 Å². The Balaban J connectivity index is 1.83. The fourth-order valence-corrected chi connectivity index (χ4v) is 2.13. The van der Waals surface area contributed by atoms with Gasteiger partial charge in [0.25, 0.3) is 11.8 Å². The lowest BCUT2D eigenvalue weighted by atomic mass is 10.2. The van der Waals surface area contributed by atoms with Crippen LogP contribution in [0.4, 0.5) is 5.69 Å². The summed E-state index contributed by atoms with van der Waals surface area (Å²) >= 11 is 5.77. The minimum absolute atomic E-state index is 0.0541. The molecule has 2 N–H and O–H groups in total. The summed E-state index contributed by atoms with van der Waals surface area (Å²) in [6.07, 6.45) is 0.271. The maximum atomic E-state index is 12.1. The highest BCUT2D eigenvalue weighted by atomic mass is 35.5. The van der Waals surface area contributed by atoms with Crippen LogP contribution in [0.3, 0.4) is 0 Å². The second-order valence-corrected chi connectivity index (χ2v) is 5.79. The first-order chi connectivity index (χ1) is 12.9. The lowest BCUT2D eigenvalue weighted by Crippen LogP contribution is -2.36. The highest BCUT2D eigenvalue weighted by Crippen LogP contribution is 2.11. The lowest BCUT2D eigenvalue weighted by molar-refractivity contribution is -0.152. The molecule has 0 spiro atoms. The SMILES string of the molecule is C[C@H](OC(=O)CNC(=O)c1cc(Cl)ccn1)C(=O)Nc1cccc(C#N)c1. The normalized spacial score (nSPS) is 11.0. The third-order valence-electron chi connectivity index (χ3n) is 3.28. The Morgan fingerprint density at radius 1 is 1.30 bits per heavy atom. The predicted octanol–water partition coefficient (Wildman–Crippen LogP) is 1.91. The van der Waals surface area contributed by atoms with Crippen molar-refractivity contribution in [3.8, 4) is 6.07 Å². The first-order valence-corrected chi connectivity index (χ1v) is 8.17. The number of ether oxygens (including phenoxy) is 1. The Labute approximate surface area is 160 Å². The molecule has 0 aliphatic carbocycles. The van der Waals surface area contributed by atoms with Crippen molar-refractivity contribution >= 4 is 35.1 Å². The Kier molecular flexibility index (Phi) is 6.86. The summed E-state index contributed by atoms with van der Waals surface area (Å²) in [4.78, 5) is 39.6. The molecule has 0 bridgehead atoms.